The second-order valence-electron chi connectivity index (χ2n) is 7.92. The number of ketones is 1. The van der Waals surface area contributed by atoms with Crippen molar-refractivity contribution in [2.45, 2.75) is 38.5 Å². The summed E-state index contributed by atoms with van der Waals surface area (Å²) in [7, 11) is 0. The highest BCUT2D eigenvalue weighted by Crippen LogP contribution is 2.39. The zero-order valence-corrected chi connectivity index (χ0v) is 16.9. The standard InChI is InChI=1S/C25H26FNO3/c26-23-7-3-2-6-20(23)11-8-19-9-12-21(13-10-19)24(30)27-18-25(16-22(29)17-28)14-4-1-5-15-25/h2-3,6-7,9-10,12-13,28H,1,4-5,14-18H2,(H,27,30). The Morgan fingerprint density at radius 2 is 1.70 bits per heavy atom. The normalized spacial score (nSPS) is 15.0. The van der Waals surface area contributed by atoms with Gasteiger partial charge in [-0.3, -0.25) is 9.59 Å². The highest BCUT2D eigenvalue weighted by atomic mass is 19.1. The molecule has 30 heavy (non-hydrogen) atoms. The largest absolute Gasteiger partial charge is 0.389 e. The van der Waals surface area contributed by atoms with E-state index in [1.54, 1.807) is 42.5 Å². The van der Waals surface area contributed by atoms with E-state index in [0.717, 1.165) is 32.1 Å². The van der Waals surface area contributed by atoms with Gasteiger partial charge in [0, 0.05) is 24.1 Å². The van der Waals surface area contributed by atoms with Crippen molar-refractivity contribution in [1.29, 1.82) is 0 Å². The van der Waals surface area contributed by atoms with Gasteiger partial charge in [0.1, 0.15) is 12.4 Å². The van der Waals surface area contributed by atoms with E-state index in [2.05, 4.69) is 17.2 Å². The number of halogens is 1. The molecule has 0 spiro atoms. The summed E-state index contributed by atoms with van der Waals surface area (Å²) in [5, 5.41) is 12.1. The summed E-state index contributed by atoms with van der Waals surface area (Å²) >= 11 is 0. The number of benzene rings is 2. The number of aliphatic hydroxyl groups excluding tert-OH is 1. The van der Waals surface area contributed by atoms with Crippen LogP contribution in [0.4, 0.5) is 4.39 Å². The summed E-state index contributed by atoms with van der Waals surface area (Å²) < 4.78 is 13.6. The number of aliphatic hydroxyl groups is 1. The zero-order chi connectivity index (χ0) is 21.4. The first-order valence-corrected chi connectivity index (χ1v) is 10.3. The fraction of sp³-hybridized carbons (Fsp3) is 0.360. The summed E-state index contributed by atoms with van der Waals surface area (Å²) in [4.78, 5) is 24.4. The van der Waals surface area contributed by atoms with Crippen LogP contribution in [0.25, 0.3) is 0 Å². The number of rotatable bonds is 6. The number of hydrogen-bond donors (Lipinski definition) is 2. The quantitative estimate of drug-likeness (QED) is 0.715. The maximum Gasteiger partial charge on any atom is 0.251 e. The molecule has 0 atom stereocenters. The van der Waals surface area contributed by atoms with Crippen molar-refractivity contribution in [3.8, 4) is 11.8 Å². The number of Topliss-reactive ketones (excluding diaryl/α,β-unsaturated/α-hetero) is 1. The zero-order valence-electron chi connectivity index (χ0n) is 16.9. The predicted molar refractivity (Wildman–Crippen MR) is 113 cm³/mol. The molecule has 1 saturated carbocycles. The van der Waals surface area contributed by atoms with E-state index < -0.39 is 6.61 Å². The maximum absolute atomic E-state index is 13.6. The van der Waals surface area contributed by atoms with E-state index in [9.17, 15) is 14.0 Å². The molecular formula is C25H26FNO3. The van der Waals surface area contributed by atoms with E-state index in [-0.39, 0.29) is 22.9 Å². The van der Waals surface area contributed by atoms with Gasteiger partial charge in [-0.25, -0.2) is 4.39 Å². The van der Waals surface area contributed by atoms with Gasteiger partial charge in [0.05, 0.1) is 5.56 Å². The topological polar surface area (TPSA) is 66.4 Å². The van der Waals surface area contributed by atoms with Gasteiger partial charge in [-0.2, -0.15) is 0 Å². The van der Waals surface area contributed by atoms with Crippen molar-refractivity contribution in [3.63, 3.8) is 0 Å². The van der Waals surface area contributed by atoms with E-state index in [4.69, 9.17) is 5.11 Å². The number of carbonyl (C=O) groups excluding carboxylic acids is 2. The highest BCUT2D eigenvalue weighted by Gasteiger charge is 2.34. The van der Waals surface area contributed by atoms with Crippen molar-refractivity contribution in [1.82, 2.24) is 5.32 Å². The molecule has 2 N–H and O–H groups in total. The van der Waals surface area contributed by atoms with Crippen molar-refractivity contribution in [2.75, 3.05) is 13.2 Å². The lowest BCUT2D eigenvalue weighted by Crippen LogP contribution is -2.40. The Hall–Kier alpha value is -2.97. The molecule has 0 unspecified atom stereocenters. The SMILES string of the molecule is O=C(CO)CC1(CNC(=O)c2ccc(C#Cc3ccccc3F)cc2)CCCCC1. The fourth-order valence-electron chi connectivity index (χ4n) is 3.97. The highest BCUT2D eigenvalue weighted by molar-refractivity contribution is 5.94. The average molecular weight is 407 g/mol. The molecule has 4 nitrogen and oxygen atoms in total. The van der Waals surface area contributed by atoms with Gasteiger partial charge >= 0.3 is 0 Å². The number of amides is 1. The molecule has 1 aliphatic carbocycles. The molecule has 3 rings (SSSR count). The second kappa shape index (κ2) is 10.2. The first kappa shape index (κ1) is 21.7. The summed E-state index contributed by atoms with van der Waals surface area (Å²) in [6.07, 6.45) is 5.26. The van der Waals surface area contributed by atoms with E-state index >= 15 is 0 Å². The van der Waals surface area contributed by atoms with Gasteiger partial charge in [-0.05, 0) is 54.7 Å². The third kappa shape index (κ3) is 5.77. The van der Waals surface area contributed by atoms with Crippen LogP contribution >= 0.6 is 0 Å². The van der Waals surface area contributed by atoms with Gasteiger partial charge in [0.2, 0.25) is 0 Å². The first-order chi connectivity index (χ1) is 14.5. The second-order valence-corrected chi connectivity index (χ2v) is 7.92. The van der Waals surface area contributed by atoms with Crippen LogP contribution in [-0.2, 0) is 4.79 Å². The lowest BCUT2D eigenvalue weighted by atomic mass is 9.71. The predicted octanol–water partition coefficient (Wildman–Crippen LogP) is 3.86. The minimum atomic E-state index is -0.453. The maximum atomic E-state index is 13.6. The monoisotopic (exact) mass is 407 g/mol. The van der Waals surface area contributed by atoms with Gasteiger partial charge in [0.25, 0.3) is 5.91 Å². The lowest BCUT2D eigenvalue weighted by molar-refractivity contribution is -0.124. The minimum Gasteiger partial charge on any atom is -0.389 e. The third-order valence-electron chi connectivity index (χ3n) is 5.65. The van der Waals surface area contributed by atoms with Crippen LogP contribution in [0.3, 0.4) is 0 Å². The van der Waals surface area contributed by atoms with Crippen molar-refractivity contribution in [2.24, 2.45) is 5.41 Å². The van der Waals surface area contributed by atoms with Crippen molar-refractivity contribution in [3.05, 3.63) is 71.0 Å². The van der Waals surface area contributed by atoms with Gasteiger partial charge < -0.3 is 10.4 Å². The van der Waals surface area contributed by atoms with Gasteiger partial charge in [-0.1, -0.05) is 43.2 Å². The summed E-state index contributed by atoms with van der Waals surface area (Å²) in [5.41, 5.74) is 1.26. The molecule has 1 fully saturated rings. The lowest BCUT2D eigenvalue weighted by Gasteiger charge is -2.37. The molecule has 0 saturated heterocycles. The Balaban J connectivity index is 1.63. The number of nitrogens with one attached hydrogen (secondary N) is 1. The minimum absolute atomic E-state index is 0.177. The Morgan fingerprint density at radius 1 is 1.00 bits per heavy atom. The van der Waals surface area contributed by atoms with Gasteiger partial charge in [0.15, 0.2) is 5.78 Å². The van der Waals surface area contributed by atoms with E-state index in [0.29, 0.717) is 29.7 Å². The van der Waals surface area contributed by atoms with Crippen LogP contribution in [0, 0.1) is 23.1 Å². The Morgan fingerprint density at radius 3 is 2.37 bits per heavy atom. The fourth-order valence-corrected chi connectivity index (χ4v) is 3.97. The molecule has 0 bridgehead atoms. The van der Waals surface area contributed by atoms with Gasteiger partial charge in [-0.15, -0.1) is 0 Å². The molecule has 5 heteroatoms. The number of carbonyl (C=O) groups is 2. The molecule has 1 aliphatic rings. The van der Waals surface area contributed by atoms with Crippen molar-refractivity contribution < 1.29 is 19.1 Å². The van der Waals surface area contributed by atoms with Crippen LogP contribution in [0.15, 0.2) is 48.5 Å². The molecule has 156 valence electrons. The molecule has 0 radical (unpaired) electrons. The molecule has 2 aromatic rings. The Bertz CT molecular complexity index is 950. The number of hydrogen-bond acceptors (Lipinski definition) is 3. The first-order valence-electron chi connectivity index (χ1n) is 10.3. The smallest absolute Gasteiger partial charge is 0.251 e. The van der Waals surface area contributed by atoms with Crippen LogP contribution in [-0.4, -0.2) is 29.9 Å². The summed E-state index contributed by atoms with van der Waals surface area (Å²) in [5.74, 6) is 4.96. The third-order valence-corrected chi connectivity index (χ3v) is 5.65. The van der Waals surface area contributed by atoms with E-state index in [1.165, 1.54) is 6.07 Å². The molecule has 0 aliphatic heterocycles. The van der Waals surface area contributed by atoms with Crippen LogP contribution in [0.2, 0.25) is 0 Å². The summed E-state index contributed by atoms with van der Waals surface area (Å²) in [6.45, 7) is -0.0303. The average Bonchev–Trinajstić information content (AvgIpc) is 2.78. The van der Waals surface area contributed by atoms with Crippen LogP contribution < -0.4 is 5.32 Å². The Labute approximate surface area is 176 Å². The van der Waals surface area contributed by atoms with E-state index in [1.807, 2.05) is 0 Å². The van der Waals surface area contributed by atoms with Crippen LogP contribution in [0.1, 0.15) is 60.0 Å². The molecular weight excluding hydrogens is 381 g/mol. The van der Waals surface area contributed by atoms with Crippen molar-refractivity contribution >= 4 is 11.7 Å². The van der Waals surface area contributed by atoms with Crippen LogP contribution in [0.5, 0.6) is 0 Å². The molecule has 2 aromatic carbocycles. The summed E-state index contributed by atoms with van der Waals surface area (Å²) in [6, 6.07) is 13.2. The molecule has 1 amide bonds. The molecule has 0 heterocycles. The Kier molecular flexibility index (Phi) is 7.37. The molecule has 0 aromatic heterocycles.